The second kappa shape index (κ2) is 26.7. The zero-order valence-corrected chi connectivity index (χ0v) is 44.1. The zero-order chi connectivity index (χ0) is 55.3. The molecule has 0 radical (unpaired) electrons. The number of amides is 7. The normalized spacial score (nSPS) is 25.6. The third kappa shape index (κ3) is 14.5. The number of benzene rings is 2. The Kier molecular flexibility index (Phi) is 20.8. The van der Waals surface area contributed by atoms with Crippen molar-refractivity contribution < 1.29 is 62.1 Å². The zero-order valence-electron chi connectivity index (χ0n) is 44.1. The van der Waals surface area contributed by atoms with Gasteiger partial charge in [0.1, 0.15) is 48.3 Å². The molecule has 2 saturated heterocycles. The van der Waals surface area contributed by atoms with Crippen LogP contribution in [0.4, 0.5) is 0 Å². The lowest BCUT2D eigenvalue weighted by molar-refractivity contribution is -0.163. The largest absolute Gasteiger partial charge is 0.480 e. The van der Waals surface area contributed by atoms with E-state index >= 15 is 0 Å². The average Bonchev–Trinajstić information content (AvgIpc) is 4.10. The number of carboxylic acid groups (broad SMARTS) is 1. The van der Waals surface area contributed by atoms with Gasteiger partial charge in [-0.2, -0.15) is 0 Å². The molecule has 406 valence electrons. The summed E-state index contributed by atoms with van der Waals surface area (Å²) in [6.45, 7) is 10.1. The minimum Gasteiger partial charge on any atom is -0.480 e. The first-order chi connectivity index (χ1) is 35.6. The summed E-state index contributed by atoms with van der Waals surface area (Å²) < 4.78 is 18.0. The Balaban J connectivity index is 1.67. The van der Waals surface area contributed by atoms with Gasteiger partial charge in [-0.05, 0) is 56.1 Å². The molecular weight excluding hydrogens is 969 g/mol. The Morgan fingerprint density at radius 3 is 2.09 bits per heavy atom. The highest BCUT2D eigenvalue weighted by Crippen LogP contribution is 2.32. The van der Waals surface area contributed by atoms with E-state index in [-0.39, 0.29) is 24.6 Å². The van der Waals surface area contributed by atoms with Crippen LogP contribution in [0.2, 0.25) is 0 Å². The molecule has 7 amide bonds. The maximum Gasteiger partial charge on any atom is 0.332 e. The van der Waals surface area contributed by atoms with E-state index in [1.165, 1.54) is 44.2 Å². The predicted molar refractivity (Wildman–Crippen MR) is 273 cm³/mol. The van der Waals surface area contributed by atoms with E-state index in [0.717, 1.165) is 10.5 Å². The molecule has 2 aliphatic heterocycles. The van der Waals surface area contributed by atoms with Gasteiger partial charge < -0.3 is 55.4 Å². The summed E-state index contributed by atoms with van der Waals surface area (Å²) in [5.41, 5.74) is 7.61. The van der Waals surface area contributed by atoms with Crippen LogP contribution in [0.5, 0.6) is 0 Å². The Labute approximate surface area is 437 Å². The van der Waals surface area contributed by atoms with Crippen LogP contribution < -0.4 is 21.7 Å². The highest BCUT2D eigenvalue weighted by atomic mass is 16.6. The third-order valence-corrected chi connectivity index (χ3v) is 14.3. The number of allylic oxidation sites excluding steroid dienone is 2. The first kappa shape index (κ1) is 58.5. The molecule has 11 atom stereocenters. The monoisotopic (exact) mass is 1040 g/mol. The first-order valence-corrected chi connectivity index (χ1v) is 25.3. The molecule has 0 saturated carbocycles. The summed E-state index contributed by atoms with van der Waals surface area (Å²) in [6.07, 6.45) is 0.302. The van der Waals surface area contributed by atoms with E-state index in [1.807, 2.05) is 36.4 Å². The van der Waals surface area contributed by atoms with Crippen molar-refractivity contribution in [2.24, 2.45) is 23.5 Å². The summed E-state index contributed by atoms with van der Waals surface area (Å²) in [5, 5.41) is 18.3. The summed E-state index contributed by atoms with van der Waals surface area (Å²) >= 11 is 0. The number of nitrogens with one attached hydrogen (secondary N) is 3. The van der Waals surface area contributed by atoms with Crippen molar-refractivity contribution >= 4 is 58.9 Å². The number of oxazole rings is 1. The van der Waals surface area contributed by atoms with E-state index in [9.17, 15) is 48.3 Å². The van der Waals surface area contributed by atoms with Crippen molar-refractivity contribution in [3.05, 3.63) is 95.7 Å². The van der Waals surface area contributed by atoms with Gasteiger partial charge >= 0.3 is 11.9 Å². The van der Waals surface area contributed by atoms with E-state index < -0.39 is 132 Å². The van der Waals surface area contributed by atoms with Gasteiger partial charge in [0, 0.05) is 33.3 Å². The fourth-order valence-corrected chi connectivity index (χ4v) is 9.48. The molecule has 21 heteroatoms. The fraction of sp³-hybridized carbons (Fsp3) is 0.519. The van der Waals surface area contributed by atoms with Gasteiger partial charge in [-0.25, -0.2) is 14.6 Å². The number of hydrogen-bond acceptors (Lipinski definition) is 13. The molecule has 21 nitrogen and oxygen atoms in total. The molecule has 0 bridgehead atoms. The van der Waals surface area contributed by atoms with Crippen LogP contribution in [0.15, 0.2) is 77.4 Å². The quantitative estimate of drug-likeness (QED) is 0.145. The van der Waals surface area contributed by atoms with Crippen molar-refractivity contribution in [3.63, 3.8) is 0 Å². The number of rotatable bonds is 14. The number of nitrogens with zero attached hydrogens (tertiary/aromatic N) is 4. The number of likely N-dealkylation sites (N-methyl/N-ethyl adjacent to an activating group) is 2. The van der Waals surface area contributed by atoms with Crippen LogP contribution in [0.25, 0.3) is 5.57 Å². The highest BCUT2D eigenvalue weighted by Gasteiger charge is 2.46. The van der Waals surface area contributed by atoms with Gasteiger partial charge in [0.05, 0.1) is 18.8 Å². The second-order valence-electron chi connectivity index (χ2n) is 19.5. The molecule has 0 aliphatic carbocycles. The van der Waals surface area contributed by atoms with Crippen LogP contribution in [-0.4, -0.2) is 142 Å². The lowest BCUT2D eigenvalue weighted by Crippen LogP contribution is -2.61. The van der Waals surface area contributed by atoms with Crippen molar-refractivity contribution in [3.8, 4) is 0 Å². The van der Waals surface area contributed by atoms with Crippen molar-refractivity contribution in [1.29, 1.82) is 0 Å². The van der Waals surface area contributed by atoms with Crippen LogP contribution in [0.1, 0.15) is 115 Å². The van der Waals surface area contributed by atoms with Gasteiger partial charge in [-0.3, -0.25) is 33.6 Å². The lowest BCUT2D eigenvalue weighted by Gasteiger charge is -2.39. The summed E-state index contributed by atoms with van der Waals surface area (Å²) in [5.74, 6) is -11.1. The number of hydrogen-bond donors (Lipinski definition) is 5. The number of ether oxygens (including phenoxy) is 2. The number of methoxy groups -OCH3 is 1. The number of carbonyl (C=O) groups is 9. The highest BCUT2D eigenvalue weighted by molar-refractivity contribution is 5.98. The Hall–Kier alpha value is -7.42. The van der Waals surface area contributed by atoms with Crippen molar-refractivity contribution in [2.45, 2.75) is 135 Å². The Bertz CT molecular complexity index is 2550. The molecule has 75 heavy (non-hydrogen) atoms. The summed E-state index contributed by atoms with van der Waals surface area (Å²) in [6, 6.07) is 9.03. The number of primary amides is 1. The van der Waals surface area contributed by atoms with E-state index in [1.54, 1.807) is 65.0 Å². The fourth-order valence-electron chi connectivity index (χ4n) is 9.48. The minimum atomic E-state index is -1.87. The van der Waals surface area contributed by atoms with Gasteiger partial charge in [0.15, 0.2) is 12.1 Å². The number of carboxylic acids is 1. The van der Waals surface area contributed by atoms with Crippen molar-refractivity contribution in [1.82, 2.24) is 35.6 Å². The maximum atomic E-state index is 15.0. The molecular formula is C54H72N8O13. The molecule has 2 fully saturated rings. The molecule has 0 unspecified atom stereocenters. The molecule has 1 aromatic heterocycles. The molecule has 3 heterocycles. The molecule has 2 aromatic carbocycles. The SMILES string of the molecule is CC[C@@H](C)[C@@H]1C(=O)N(C)[C@@H]([C@@H](C)CC)C(=O)N[C@@H](CC(N)=O)C(=O)N2CCC[C@H]2C(=O)N[C@@H]([C@H](OC)c2ccccc2)C(=O)O[C@H](c2coc(C(C)=CCc3ccccc3)n2)[C@@H](C)C(=O)N[C@@H](C(=O)O)CC(=O)N1C. The lowest BCUT2D eigenvalue weighted by atomic mass is 9.92. The number of fused-ring (bicyclic) bond motifs is 1. The predicted octanol–water partition coefficient (Wildman–Crippen LogP) is 3.48. The minimum absolute atomic E-state index is 0.00737. The van der Waals surface area contributed by atoms with Crippen molar-refractivity contribution in [2.75, 3.05) is 27.7 Å². The number of esters is 1. The second-order valence-corrected chi connectivity index (χ2v) is 19.5. The van der Waals surface area contributed by atoms with Crippen LogP contribution in [0.3, 0.4) is 0 Å². The topological polar surface area (TPSA) is 290 Å². The molecule has 6 N–H and O–H groups in total. The standard InChI is InChI=1S/C54H72N8O13/c1-10-30(3)43-49(67)56-36(27-40(55)63)51(68)62-26-18-23-39(62)48(66)59-42(46(73-9)35-21-16-13-17-22-35)54(72)75-45(38-29-74-50(58-38)32(5)24-25-34-19-14-12-15-20-34)33(6)47(65)57-37(53(70)71)28-41(64)60(7)44(31(4)11-2)52(69)61(43)8/h12-17,19-22,24,29-31,33,36-37,39,42-46H,10-11,18,23,25-28H2,1-9H3,(H2,55,63)(H,56,67)(H,57,65)(H,59,66)(H,70,71)/t30-,31+,33+,36-,37+,39-,42-,43-,44+,45-,46+/m0/s1. The van der Waals surface area contributed by atoms with Crippen LogP contribution in [0, 0.1) is 17.8 Å². The number of nitrogens with two attached hydrogens (primary N) is 1. The average molecular weight is 1040 g/mol. The van der Waals surface area contributed by atoms with Crippen LogP contribution in [-0.2, 0) is 59.0 Å². The number of aliphatic carboxylic acids is 1. The van der Waals surface area contributed by atoms with Gasteiger partial charge in [-0.1, -0.05) is 107 Å². The Morgan fingerprint density at radius 1 is 0.867 bits per heavy atom. The molecule has 2 aliphatic rings. The van der Waals surface area contributed by atoms with E-state index in [4.69, 9.17) is 19.6 Å². The maximum absolute atomic E-state index is 15.0. The number of carbonyl (C=O) groups excluding carboxylic acids is 8. The Morgan fingerprint density at radius 2 is 1.49 bits per heavy atom. The van der Waals surface area contributed by atoms with Gasteiger partial charge in [0.25, 0.3) is 0 Å². The smallest absolute Gasteiger partial charge is 0.332 e. The third-order valence-electron chi connectivity index (χ3n) is 14.3. The number of aromatic nitrogens is 1. The van der Waals surface area contributed by atoms with E-state index in [2.05, 4.69) is 20.9 Å². The number of cyclic esters (lactones) is 1. The van der Waals surface area contributed by atoms with Crippen LogP contribution >= 0.6 is 0 Å². The van der Waals surface area contributed by atoms with Gasteiger partial charge in [-0.15, -0.1) is 0 Å². The molecule has 3 aromatic rings. The first-order valence-electron chi connectivity index (χ1n) is 25.3. The summed E-state index contributed by atoms with van der Waals surface area (Å²) in [7, 11) is 4.00. The van der Waals surface area contributed by atoms with Gasteiger partial charge in [0.2, 0.25) is 47.2 Å². The van der Waals surface area contributed by atoms with E-state index in [0.29, 0.717) is 36.8 Å². The molecule has 0 spiro atoms. The molecule has 5 rings (SSSR count). The summed E-state index contributed by atoms with van der Waals surface area (Å²) in [4.78, 5) is 136.